The summed E-state index contributed by atoms with van der Waals surface area (Å²) in [5.41, 5.74) is 6.37. The molecule has 0 aliphatic rings. The summed E-state index contributed by atoms with van der Waals surface area (Å²) in [7, 11) is 0. The zero-order valence-corrected chi connectivity index (χ0v) is 20.7. The fourth-order valence-electron chi connectivity index (χ4n) is 6.06. The molecule has 0 amide bonds. The number of allylic oxidation sites excluding steroid dienone is 1. The summed E-state index contributed by atoms with van der Waals surface area (Å²) in [6.07, 6.45) is 3.88. The Morgan fingerprint density at radius 3 is 2.21 bits per heavy atom. The number of para-hydroxylation sites is 1. The van der Waals surface area contributed by atoms with Crippen molar-refractivity contribution in [1.29, 1.82) is 0 Å². The maximum atomic E-state index is 5.18. The van der Waals surface area contributed by atoms with Crippen LogP contribution in [0.4, 0.5) is 0 Å². The number of benzene rings is 5. The monoisotopic (exact) mass is 485 g/mol. The number of pyridine rings is 1. The number of rotatable bonds is 2. The van der Waals surface area contributed by atoms with Crippen LogP contribution in [0, 0.1) is 0 Å². The van der Waals surface area contributed by atoms with Crippen molar-refractivity contribution in [3.63, 3.8) is 0 Å². The summed E-state index contributed by atoms with van der Waals surface area (Å²) in [6, 6.07) is 36.7. The van der Waals surface area contributed by atoms with Crippen LogP contribution in [0.15, 0.2) is 116 Å². The van der Waals surface area contributed by atoms with E-state index >= 15 is 0 Å². The van der Waals surface area contributed by atoms with E-state index < -0.39 is 0 Å². The van der Waals surface area contributed by atoms with Gasteiger partial charge in [-0.15, -0.1) is 0 Å². The molecule has 0 fully saturated rings. The lowest BCUT2D eigenvalue weighted by molar-refractivity contribution is 1.07. The zero-order chi connectivity index (χ0) is 25.4. The number of fused-ring (bicyclic) bond motifs is 10. The highest BCUT2D eigenvalue weighted by Gasteiger charge is 2.17. The van der Waals surface area contributed by atoms with Gasteiger partial charge in [-0.3, -0.25) is 4.40 Å². The first-order chi connectivity index (χ1) is 18.7. The number of imidazole rings is 1. The highest BCUT2D eigenvalue weighted by atomic mass is 15.0. The quantitative estimate of drug-likeness (QED) is 0.236. The number of hydrogen-bond donors (Lipinski definition) is 0. The van der Waals surface area contributed by atoms with Gasteiger partial charge in [0.05, 0.1) is 27.4 Å². The highest BCUT2D eigenvalue weighted by Crippen LogP contribution is 2.33. The first kappa shape index (κ1) is 21.0. The molecule has 5 aromatic carbocycles. The van der Waals surface area contributed by atoms with Crippen LogP contribution in [0.3, 0.4) is 0 Å². The predicted molar refractivity (Wildman–Crippen MR) is 161 cm³/mol. The minimum absolute atomic E-state index is 0.963. The molecule has 0 unspecified atom stereocenters. The molecule has 3 aromatic heterocycles. The van der Waals surface area contributed by atoms with Gasteiger partial charge in [0.25, 0.3) is 0 Å². The molecule has 3 heterocycles. The van der Waals surface area contributed by atoms with E-state index in [1.165, 1.54) is 21.5 Å². The van der Waals surface area contributed by atoms with Crippen LogP contribution in [-0.2, 0) is 0 Å². The molecule has 0 atom stereocenters. The molecular formula is C35H23N3. The molecule has 0 aliphatic carbocycles. The average molecular weight is 486 g/mol. The van der Waals surface area contributed by atoms with Gasteiger partial charge in [0.1, 0.15) is 5.65 Å². The van der Waals surface area contributed by atoms with Gasteiger partial charge >= 0.3 is 0 Å². The smallest absolute Gasteiger partial charge is 0.146 e. The molecule has 3 heteroatoms. The van der Waals surface area contributed by atoms with E-state index in [0.29, 0.717) is 0 Å². The molecule has 0 bridgehead atoms. The molecule has 0 saturated carbocycles. The van der Waals surface area contributed by atoms with E-state index in [-0.39, 0.29) is 0 Å². The lowest BCUT2D eigenvalue weighted by atomic mass is 10.1. The van der Waals surface area contributed by atoms with Gasteiger partial charge in [0.2, 0.25) is 0 Å². The van der Waals surface area contributed by atoms with Crippen LogP contribution in [0.5, 0.6) is 0 Å². The SMILES string of the molecule is C=C/C=c1\c(=C)c2cc3nc4c5ccccc5c5ccccc5n4c3cc2n1-c1ccc2ccccc2c1. The van der Waals surface area contributed by atoms with Crippen LogP contribution in [0.2, 0.25) is 0 Å². The summed E-state index contributed by atoms with van der Waals surface area (Å²) in [6.45, 7) is 8.49. The van der Waals surface area contributed by atoms with E-state index in [1.54, 1.807) is 0 Å². The maximum absolute atomic E-state index is 5.18. The topological polar surface area (TPSA) is 22.2 Å². The molecule has 8 aromatic rings. The average Bonchev–Trinajstić information content (AvgIpc) is 3.47. The van der Waals surface area contributed by atoms with E-state index in [9.17, 15) is 0 Å². The molecule has 0 saturated heterocycles. The van der Waals surface area contributed by atoms with Gasteiger partial charge < -0.3 is 4.57 Å². The molecule has 3 nitrogen and oxygen atoms in total. The van der Waals surface area contributed by atoms with E-state index in [1.807, 2.05) is 12.2 Å². The third kappa shape index (κ3) is 2.76. The Bertz CT molecular complexity index is 2390. The van der Waals surface area contributed by atoms with Crippen LogP contribution >= 0.6 is 0 Å². The van der Waals surface area contributed by atoms with Crippen LogP contribution in [0.25, 0.3) is 78.4 Å². The lowest BCUT2D eigenvalue weighted by Crippen LogP contribution is -2.26. The van der Waals surface area contributed by atoms with Crippen LogP contribution in [0.1, 0.15) is 0 Å². The third-order valence-corrected chi connectivity index (χ3v) is 7.76. The summed E-state index contributed by atoms with van der Waals surface area (Å²) in [5.74, 6) is 0. The van der Waals surface area contributed by atoms with Crippen molar-refractivity contribution in [2.75, 3.05) is 0 Å². The predicted octanol–water partition coefficient (Wildman–Crippen LogP) is 7.27. The summed E-state index contributed by atoms with van der Waals surface area (Å²) in [4.78, 5) is 5.18. The van der Waals surface area contributed by atoms with Crippen molar-refractivity contribution < 1.29 is 0 Å². The Morgan fingerprint density at radius 2 is 1.37 bits per heavy atom. The van der Waals surface area contributed by atoms with Crippen molar-refractivity contribution in [2.24, 2.45) is 0 Å². The number of hydrogen-bond acceptors (Lipinski definition) is 1. The molecule has 178 valence electrons. The summed E-state index contributed by atoms with van der Waals surface area (Å²) < 4.78 is 4.61. The van der Waals surface area contributed by atoms with E-state index in [2.05, 4.69) is 125 Å². The van der Waals surface area contributed by atoms with E-state index in [4.69, 9.17) is 4.98 Å². The molecular weight excluding hydrogens is 462 g/mol. The normalized spacial score (nSPS) is 12.6. The molecule has 0 spiro atoms. The van der Waals surface area contributed by atoms with Gasteiger partial charge in [0.15, 0.2) is 0 Å². The number of aromatic nitrogens is 3. The molecule has 38 heavy (non-hydrogen) atoms. The highest BCUT2D eigenvalue weighted by molar-refractivity contribution is 6.14. The number of nitrogens with zero attached hydrogens (tertiary/aromatic N) is 3. The Labute approximate surface area is 218 Å². The Balaban J connectivity index is 1.57. The zero-order valence-electron chi connectivity index (χ0n) is 20.7. The Kier molecular flexibility index (Phi) is 4.24. The van der Waals surface area contributed by atoms with Crippen molar-refractivity contribution in [3.8, 4) is 5.69 Å². The second-order valence-corrected chi connectivity index (χ2v) is 9.82. The van der Waals surface area contributed by atoms with E-state index in [0.717, 1.165) is 54.7 Å². The fourth-order valence-corrected chi connectivity index (χ4v) is 6.06. The molecule has 0 aliphatic heterocycles. The van der Waals surface area contributed by atoms with Crippen molar-refractivity contribution >= 4 is 72.7 Å². The largest absolute Gasteiger partial charge is 0.309 e. The van der Waals surface area contributed by atoms with Crippen molar-refractivity contribution in [2.45, 2.75) is 0 Å². The Morgan fingerprint density at radius 1 is 0.632 bits per heavy atom. The first-order valence-corrected chi connectivity index (χ1v) is 12.8. The lowest BCUT2D eigenvalue weighted by Gasteiger charge is -2.10. The van der Waals surface area contributed by atoms with Crippen molar-refractivity contribution in [1.82, 2.24) is 14.0 Å². The fraction of sp³-hybridized carbons (Fsp3) is 0. The Hall–Kier alpha value is -5.15. The standard InChI is InChI=1S/C35H23N3/c1-3-10-31-22(2)29-20-30-34(21-33(29)37(31)25-18-17-23-11-4-5-12-24(23)19-25)38-32-16-9-8-14-27(32)26-13-6-7-15-28(26)35(38)36-30/h3-21H,1-2H2/b31-10+. The molecule has 0 N–H and O–H groups in total. The second kappa shape index (κ2) is 7.67. The third-order valence-electron chi connectivity index (χ3n) is 7.76. The second-order valence-electron chi connectivity index (χ2n) is 9.82. The van der Waals surface area contributed by atoms with Gasteiger partial charge in [0, 0.05) is 27.1 Å². The molecule has 0 radical (unpaired) electrons. The minimum Gasteiger partial charge on any atom is -0.309 e. The summed E-state index contributed by atoms with van der Waals surface area (Å²) in [5, 5.41) is 9.12. The van der Waals surface area contributed by atoms with Crippen LogP contribution < -0.4 is 10.6 Å². The maximum Gasteiger partial charge on any atom is 0.146 e. The van der Waals surface area contributed by atoms with Gasteiger partial charge in [-0.2, -0.15) is 0 Å². The first-order valence-electron chi connectivity index (χ1n) is 12.8. The van der Waals surface area contributed by atoms with Gasteiger partial charge in [-0.25, -0.2) is 4.98 Å². The van der Waals surface area contributed by atoms with Crippen molar-refractivity contribution in [3.05, 3.63) is 126 Å². The van der Waals surface area contributed by atoms with Gasteiger partial charge in [-0.1, -0.05) is 92.0 Å². The van der Waals surface area contributed by atoms with Gasteiger partial charge in [-0.05, 0) is 52.6 Å². The van der Waals surface area contributed by atoms with Crippen LogP contribution in [-0.4, -0.2) is 14.0 Å². The minimum atomic E-state index is 0.963. The summed E-state index contributed by atoms with van der Waals surface area (Å²) >= 11 is 0. The molecule has 8 rings (SSSR count).